The second-order valence-electron chi connectivity index (χ2n) is 10.8. The van der Waals surface area contributed by atoms with Crippen LogP contribution in [0.2, 0.25) is 0 Å². The molecule has 1 unspecified atom stereocenters. The highest BCUT2D eigenvalue weighted by Crippen LogP contribution is 2.33. The van der Waals surface area contributed by atoms with Crippen molar-refractivity contribution in [3.8, 4) is 23.0 Å². The number of likely N-dealkylation sites (tertiary alicyclic amines) is 1. The Kier molecular flexibility index (Phi) is 9.69. The summed E-state index contributed by atoms with van der Waals surface area (Å²) in [6, 6.07) is 16.2. The molecule has 0 bridgehead atoms. The molecule has 1 N–H and O–H groups in total. The van der Waals surface area contributed by atoms with E-state index in [1.54, 1.807) is 20.3 Å². The molecule has 3 heterocycles. The summed E-state index contributed by atoms with van der Waals surface area (Å²) in [6.45, 7) is 7.12. The third kappa shape index (κ3) is 7.54. The SMILES string of the molecule is COc1ccc(CN(Cc2ccc3c(c2)OCO3)Cc2ccc(C(=O)NCCCN3CCCCC3C)o2)cc1OC. The van der Waals surface area contributed by atoms with E-state index in [9.17, 15) is 4.79 Å². The van der Waals surface area contributed by atoms with Crippen LogP contribution in [0.4, 0.5) is 0 Å². The summed E-state index contributed by atoms with van der Waals surface area (Å²) in [5, 5.41) is 3.02. The van der Waals surface area contributed by atoms with Crippen LogP contribution >= 0.6 is 0 Å². The van der Waals surface area contributed by atoms with Gasteiger partial charge < -0.3 is 33.6 Å². The van der Waals surface area contributed by atoms with Crippen LogP contribution in [-0.4, -0.2) is 62.4 Å². The molecule has 41 heavy (non-hydrogen) atoms. The van der Waals surface area contributed by atoms with Gasteiger partial charge >= 0.3 is 0 Å². The van der Waals surface area contributed by atoms with Crippen LogP contribution in [0, 0.1) is 0 Å². The summed E-state index contributed by atoms with van der Waals surface area (Å²) < 4.78 is 28.0. The fraction of sp³-hybridized carbons (Fsp3) is 0.469. The lowest BCUT2D eigenvalue weighted by atomic mass is 10.0. The van der Waals surface area contributed by atoms with Gasteiger partial charge in [0.2, 0.25) is 6.79 Å². The first kappa shape index (κ1) is 28.8. The van der Waals surface area contributed by atoms with Crippen molar-refractivity contribution in [2.45, 2.75) is 58.3 Å². The van der Waals surface area contributed by atoms with Crippen LogP contribution in [0.25, 0.3) is 0 Å². The van der Waals surface area contributed by atoms with Gasteiger partial charge in [0.1, 0.15) is 5.76 Å². The van der Waals surface area contributed by atoms with E-state index in [-0.39, 0.29) is 12.7 Å². The average molecular weight is 564 g/mol. The maximum absolute atomic E-state index is 12.8. The Bertz CT molecular complexity index is 1310. The van der Waals surface area contributed by atoms with Gasteiger partial charge in [-0.3, -0.25) is 9.69 Å². The van der Waals surface area contributed by atoms with Crippen LogP contribution in [-0.2, 0) is 19.6 Å². The number of nitrogens with one attached hydrogen (secondary N) is 1. The normalized spacial score (nSPS) is 16.6. The Balaban J connectivity index is 1.22. The number of carbonyl (C=O) groups excluding carboxylic acids is 1. The standard InChI is InChI=1S/C32H41N3O6/c1-23-7-4-5-15-35(23)16-6-14-33-32(36)29-13-10-26(41-29)21-34(19-24-8-11-27(37-2)30(17-24)38-3)20-25-9-12-28-31(18-25)40-22-39-28/h8-13,17-18,23H,4-7,14-16,19-22H2,1-3H3,(H,33,36). The van der Waals surface area contributed by atoms with E-state index in [2.05, 4.69) is 22.0 Å². The molecule has 1 atom stereocenters. The van der Waals surface area contributed by atoms with Crippen molar-refractivity contribution in [2.75, 3.05) is 40.6 Å². The molecular formula is C32H41N3O6. The molecule has 220 valence electrons. The fourth-order valence-corrected chi connectivity index (χ4v) is 5.57. The molecule has 9 nitrogen and oxygen atoms in total. The number of hydrogen-bond acceptors (Lipinski definition) is 8. The first-order chi connectivity index (χ1) is 20.0. The second-order valence-corrected chi connectivity index (χ2v) is 10.8. The van der Waals surface area contributed by atoms with Gasteiger partial charge in [-0.2, -0.15) is 0 Å². The first-order valence-corrected chi connectivity index (χ1v) is 14.4. The molecule has 2 aromatic carbocycles. The highest BCUT2D eigenvalue weighted by molar-refractivity contribution is 5.91. The molecule has 2 aliphatic heterocycles. The van der Waals surface area contributed by atoms with E-state index >= 15 is 0 Å². The van der Waals surface area contributed by atoms with Gasteiger partial charge in [-0.1, -0.05) is 18.6 Å². The summed E-state index contributed by atoms with van der Waals surface area (Å²) in [5.74, 6) is 3.75. The van der Waals surface area contributed by atoms with Gasteiger partial charge in [-0.15, -0.1) is 0 Å². The van der Waals surface area contributed by atoms with Crippen molar-refractivity contribution in [1.29, 1.82) is 0 Å². The second kappa shape index (κ2) is 13.8. The lowest BCUT2D eigenvalue weighted by Gasteiger charge is -2.33. The molecule has 0 radical (unpaired) electrons. The number of nitrogens with zero attached hydrogens (tertiary/aromatic N) is 2. The van der Waals surface area contributed by atoms with E-state index in [4.69, 9.17) is 23.4 Å². The van der Waals surface area contributed by atoms with Crippen LogP contribution in [0.1, 0.15) is 60.0 Å². The number of rotatable bonds is 13. The minimum Gasteiger partial charge on any atom is -0.493 e. The number of fused-ring (bicyclic) bond motifs is 1. The van der Waals surface area contributed by atoms with E-state index in [0.717, 1.165) is 47.9 Å². The smallest absolute Gasteiger partial charge is 0.286 e. The maximum Gasteiger partial charge on any atom is 0.286 e. The molecule has 9 heteroatoms. The molecule has 3 aromatic rings. The van der Waals surface area contributed by atoms with Crippen LogP contribution in [0.3, 0.4) is 0 Å². The number of piperidine rings is 1. The third-order valence-electron chi connectivity index (χ3n) is 7.81. The zero-order valence-corrected chi connectivity index (χ0v) is 24.3. The third-order valence-corrected chi connectivity index (χ3v) is 7.81. The minimum absolute atomic E-state index is 0.176. The molecular weight excluding hydrogens is 522 g/mol. The molecule has 1 saturated heterocycles. The fourth-order valence-electron chi connectivity index (χ4n) is 5.57. The first-order valence-electron chi connectivity index (χ1n) is 14.4. The molecule has 1 fully saturated rings. The highest BCUT2D eigenvalue weighted by atomic mass is 16.7. The van der Waals surface area contributed by atoms with Gasteiger partial charge in [0.25, 0.3) is 5.91 Å². The van der Waals surface area contributed by atoms with Crippen molar-refractivity contribution in [3.05, 3.63) is 71.2 Å². The molecule has 5 rings (SSSR count). The Morgan fingerprint density at radius 2 is 1.73 bits per heavy atom. The summed E-state index contributed by atoms with van der Waals surface area (Å²) in [7, 11) is 3.26. The lowest BCUT2D eigenvalue weighted by molar-refractivity contribution is 0.0916. The Hall–Kier alpha value is -3.69. The van der Waals surface area contributed by atoms with Crippen molar-refractivity contribution in [1.82, 2.24) is 15.1 Å². The Labute approximate surface area is 242 Å². The number of ether oxygens (including phenoxy) is 4. The Morgan fingerprint density at radius 3 is 2.54 bits per heavy atom. The lowest BCUT2D eigenvalue weighted by Crippen LogP contribution is -2.39. The van der Waals surface area contributed by atoms with E-state index in [0.29, 0.717) is 49.5 Å². The Morgan fingerprint density at radius 1 is 0.951 bits per heavy atom. The van der Waals surface area contributed by atoms with Crippen molar-refractivity contribution < 1.29 is 28.2 Å². The van der Waals surface area contributed by atoms with Crippen molar-refractivity contribution in [2.24, 2.45) is 0 Å². The zero-order chi connectivity index (χ0) is 28.6. The molecule has 1 amide bonds. The molecule has 0 spiro atoms. The van der Waals surface area contributed by atoms with E-state index in [1.807, 2.05) is 42.5 Å². The predicted octanol–water partition coefficient (Wildman–Crippen LogP) is 5.22. The van der Waals surface area contributed by atoms with Gasteiger partial charge in [0.15, 0.2) is 28.8 Å². The van der Waals surface area contributed by atoms with Crippen molar-refractivity contribution in [3.63, 3.8) is 0 Å². The van der Waals surface area contributed by atoms with Crippen LogP contribution in [0.15, 0.2) is 52.9 Å². The number of methoxy groups -OCH3 is 2. The molecule has 0 aliphatic carbocycles. The summed E-state index contributed by atoms with van der Waals surface area (Å²) >= 11 is 0. The minimum atomic E-state index is -0.176. The molecule has 2 aliphatic rings. The van der Waals surface area contributed by atoms with Gasteiger partial charge in [0.05, 0.1) is 20.8 Å². The monoisotopic (exact) mass is 563 g/mol. The molecule has 1 aromatic heterocycles. The number of hydrogen-bond donors (Lipinski definition) is 1. The van der Waals surface area contributed by atoms with Crippen LogP contribution < -0.4 is 24.3 Å². The van der Waals surface area contributed by atoms with Gasteiger partial charge in [-0.25, -0.2) is 0 Å². The quantitative estimate of drug-likeness (QED) is 0.283. The largest absolute Gasteiger partial charge is 0.493 e. The van der Waals surface area contributed by atoms with E-state index in [1.165, 1.54) is 19.3 Å². The highest BCUT2D eigenvalue weighted by Gasteiger charge is 2.19. The van der Waals surface area contributed by atoms with Crippen LogP contribution in [0.5, 0.6) is 23.0 Å². The number of carbonyl (C=O) groups is 1. The maximum atomic E-state index is 12.8. The topological polar surface area (TPSA) is 85.6 Å². The van der Waals surface area contributed by atoms with E-state index < -0.39 is 0 Å². The molecule has 0 saturated carbocycles. The number of furan rings is 1. The van der Waals surface area contributed by atoms with Gasteiger partial charge in [0, 0.05) is 32.2 Å². The predicted molar refractivity (Wildman–Crippen MR) is 156 cm³/mol. The summed E-state index contributed by atoms with van der Waals surface area (Å²) in [4.78, 5) is 17.6. The zero-order valence-electron chi connectivity index (χ0n) is 24.3. The summed E-state index contributed by atoms with van der Waals surface area (Å²) in [6.07, 6.45) is 4.78. The van der Waals surface area contributed by atoms with Crippen molar-refractivity contribution >= 4 is 5.91 Å². The number of benzene rings is 2. The summed E-state index contributed by atoms with van der Waals surface area (Å²) in [5.41, 5.74) is 2.15. The average Bonchev–Trinajstić information content (AvgIpc) is 3.65. The number of amides is 1. The van der Waals surface area contributed by atoms with Gasteiger partial charge in [-0.05, 0) is 80.3 Å².